The van der Waals surface area contributed by atoms with Gasteiger partial charge in [-0.2, -0.15) is 0 Å². The van der Waals surface area contributed by atoms with Crippen LogP contribution in [0.25, 0.3) is 0 Å². The van der Waals surface area contributed by atoms with Crippen molar-refractivity contribution in [3.05, 3.63) is 42.0 Å². The van der Waals surface area contributed by atoms with Crippen molar-refractivity contribution in [3.8, 4) is 0 Å². The van der Waals surface area contributed by atoms with E-state index in [2.05, 4.69) is 35.7 Å². The Hall–Kier alpha value is -1.57. The molecule has 1 aromatic rings. The van der Waals surface area contributed by atoms with Crippen LogP contribution in [-0.4, -0.2) is 11.3 Å². The first-order valence-electron chi connectivity index (χ1n) is 6.86. The molecule has 1 aliphatic heterocycles. The van der Waals surface area contributed by atoms with E-state index in [4.69, 9.17) is 0 Å². The highest BCUT2D eigenvalue weighted by atomic mass is 16.1. The summed E-state index contributed by atoms with van der Waals surface area (Å²) in [5, 5.41) is 3.70. The van der Waals surface area contributed by atoms with Gasteiger partial charge < -0.3 is 5.32 Å². The van der Waals surface area contributed by atoms with Crippen molar-refractivity contribution >= 4 is 11.5 Å². The molecule has 0 amide bonds. The van der Waals surface area contributed by atoms with E-state index in [0.717, 1.165) is 6.42 Å². The van der Waals surface area contributed by atoms with Crippen molar-refractivity contribution in [1.29, 1.82) is 0 Å². The van der Waals surface area contributed by atoms with Crippen LogP contribution in [0.15, 0.2) is 36.4 Å². The predicted octanol–water partition coefficient (Wildman–Crippen LogP) is 3.19. The third-order valence-corrected chi connectivity index (χ3v) is 5.09. The van der Waals surface area contributed by atoms with Gasteiger partial charge in [0.05, 0.1) is 5.54 Å². The van der Waals surface area contributed by atoms with Gasteiger partial charge in [-0.3, -0.25) is 4.79 Å². The van der Waals surface area contributed by atoms with Gasteiger partial charge in [-0.1, -0.05) is 37.1 Å². The molecule has 18 heavy (non-hydrogen) atoms. The lowest BCUT2D eigenvalue weighted by Crippen LogP contribution is -2.56. The summed E-state index contributed by atoms with van der Waals surface area (Å²) in [5.41, 5.74) is 2.66. The van der Waals surface area contributed by atoms with Crippen molar-refractivity contribution in [2.45, 2.75) is 43.1 Å². The number of anilines is 1. The topological polar surface area (TPSA) is 29.1 Å². The minimum absolute atomic E-state index is 0.0409. The largest absolute Gasteiger partial charge is 0.378 e. The Kier molecular flexibility index (Phi) is 1.87. The zero-order chi connectivity index (χ0) is 12.2. The number of ketones is 1. The molecule has 2 unspecified atom stereocenters. The quantitative estimate of drug-likeness (QED) is 0.753. The van der Waals surface area contributed by atoms with Gasteiger partial charge >= 0.3 is 0 Å². The maximum Gasteiger partial charge on any atom is 0.157 e. The Morgan fingerprint density at radius 1 is 1.11 bits per heavy atom. The van der Waals surface area contributed by atoms with Gasteiger partial charge in [0.2, 0.25) is 0 Å². The number of fused-ring (bicyclic) bond motifs is 1. The van der Waals surface area contributed by atoms with Gasteiger partial charge in [-0.05, 0) is 30.5 Å². The van der Waals surface area contributed by atoms with Gasteiger partial charge in [0.1, 0.15) is 0 Å². The summed E-state index contributed by atoms with van der Waals surface area (Å²) in [6.07, 6.45) is 9.42. The zero-order valence-electron chi connectivity index (χ0n) is 10.4. The number of hydrogen-bond donors (Lipinski definition) is 1. The Labute approximate surface area is 107 Å². The molecular weight excluding hydrogens is 222 g/mol. The zero-order valence-corrected chi connectivity index (χ0v) is 10.4. The number of nitrogens with one attached hydrogen (secondary N) is 1. The number of allylic oxidation sites excluding steroid dienone is 1. The first-order valence-corrected chi connectivity index (χ1v) is 6.86. The molecule has 2 nitrogen and oxygen atoms in total. The lowest BCUT2D eigenvalue weighted by molar-refractivity contribution is -0.116. The van der Waals surface area contributed by atoms with Gasteiger partial charge in [0.15, 0.2) is 5.78 Å². The molecule has 0 aromatic heterocycles. The highest BCUT2D eigenvalue weighted by Crippen LogP contribution is 2.58. The van der Waals surface area contributed by atoms with Crippen molar-refractivity contribution < 1.29 is 4.79 Å². The van der Waals surface area contributed by atoms with Crippen molar-refractivity contribution in [2.24, 2.45) is 0 Å². The fraction of sp³-hybridized carbons (Fsp3) is 0.438. The Morgan fingerprint density at radius 3 is 2.89 bits per heavy atom. The number of hydrogen-bond acceptors (Lipinski definition) is 2. The van der Waals surface area contributed by atoms with Crippen LogP contribution in [-0.2, 0) is 10.2 Å². The Balaban J connectivity index is 1.98. The number of carbonyl (C=O) groups is 1. The van der Waals surface area contributed by atoms with Crippen LogP contribution in [0.2, 0.25) is 0 Å². The summed E-state index contributed by atoms with van der Waals surface area (Å²) >= 11 is 0. The normalized spacial score (nSPS) is 36.6. The molecule has 0 spiro atoms. The van der Waals surface area contributed by atoms with E-state index in [1.165, 1.54) is 30.5 Å². The van der Waals surface area contributed by atoms with E-state index in [0.29, 0.717) is 6.42 Å². The molecule has 1 N–H and O–H groups in total. The maximum absolute atomic E-state index is 11.9. The third kappa shape index (κ3) is 1.07. The first-order chi connectivity index (χ1) is 8.76. The molecular formula is C16H17NO. The second-order valence-electron chi connectivity index (χ2n) is 5.91. The van der Waals surface area contributed by atoms with E-state index in [-0.39, 0.29) is 16.7 Å². The molecule has 1 aromatic carbocycles. The summed E-state index contributed by atoms with van der Waals surface area (Å²) in [5.74, 6) is 0.271. The summed E-state index contributed by atoms with van der Waals surface area (Å²) < 4.78 is 0. The Morgan fingerprint density at radius 2 is 1.94 bits per heavy atom. The van der Waals surface area contributed by atoms with E-state index in [1.807, 2.05) is 6.08 Å². The molecule has 3 aliphatic rings. The number of rotatable bonds is 0. The van der Waals surface area contributed by atoms with Crippen LogP contribution in [0.5, 0.6) is 0 Å². The summed E-state index contributed by atoms with van der Waals surface area (Å²) in [4.78, 5) is 11.9. The number of carbonyl (C=O) groups excluding carboxylic acids is 1. The van der Waals surface area contributed by atoms with Crippen LogP contribution in [0.1, 0.15) is 37.7 Å². The fourth-order valence-corrected chi connectivity index (χ4v) is 4.31. The minimum atomic E-state index is -0.0409. The second kappa shape index (κ2) is 3.25. The first kappa shape index (κ1) is 10.4. The summed E-state index contributed by atoms with van der Waals surface area (Å²) in [6.45, 7) is 0. The van der Waals surface area contributed by atoms with Crippen molar-refractivity contribution in [2.75, 3.05) is 5.32 Å². The van der Waals surface area contributed by atoms with Crippen LogP contribution < -0.4 is 5.32 Å². The highest BCUT2D eigenvalue weighted by Gasteiger charge is 2.59. The van der Waals surface area contributed by atoms with E-state index >= 15 is 0 Å². The SMILES string of the molecule is O=C1C=CC23CCCCC2(C1)Nc1ccccc13. The molecule has 4 rings (SSSR count). The number of benzene rings is 1. The fourth-order valence-electron chi connectivity index (χ4n) is 4.31. The standard InChI is InChI=1S/C16H17NO/c18-12-7-10-15-8-3-4-9-16(15,11-12)17-14-6-2-1-5-13(14)15/h1-2,5-7,10,17H,3-4,8-9,11H2. The second-order valence-corrected chi connectivity index (χ2v) is 5.91. The highest BCUT2D eigenvalue weighted by molar-refractivity contribution is 5.94. The average molecular weight is 239 g/mol. The maximum atomic E-state index is 11.9. The number of para-hydroxylation sites is 1. The van der Waals surface area contributed by atoms with Crippen LogP contribution in [0.3, 0.4) is 0 Å². The molecule has 2 aliphatic carbocycles. The van der Waals surface area contributed by atoms with Gasteiger partial charge in [-0.15, -0.1) is 0 Å². The molecule has 0 saturated heterocycles. The summed E-state index contributed by atoms with van der Waals surface area (Å²) in [7, 11) is 0. The van der Waals surface area contributed by atoms with Crippen molar-refractivity contribution in [1.82, 2.24) is 0 Å². The monoisotopic (exact) mass is 239 g/mol. The predicted molar refractivity (Wildman–Crippen MR) is 71.7 cm³/mol. The van der Waals surface area contributed by atoms with Crippen LogP contribution >= 0.6 is 0 Å². The molecule has 0 radical (unpaired) electrons. The lowest BCUT2D eigenvalue weighted by atomic mass is 9.56. The van der Waals surface area contributed by atoms with Gasteiger partial charge in [0, 0.05) is 17.5 Å². The Bertz CT molecular complexity index is 562. The minimum Gasteiger partial charge on any atom is -0.378 e. The molecule has 0 bridgehead atoms. The molecule has 2 heteroatoms. The average Bonchev–Trinajstić information content (AvgIpc) is 2.68. The van der Waals surface area contributed by atoms with E-state index in [1.54, 1.807) is 0 Å². The third-order valence-electron chi connectivity index (χ3n) is 5.09. The van der Waals surface area contributed by atoms with Crippen molar-refractivity contribution in [3.63, 3.8) is 0 Å². The summed E-state index contributed by atoms with van der Waals surface area (Å²) in [6, 6.07) is 8.58. The molecule has 2 atom stereocenters. The molecule has 1 fully saturated rings. The molecule has 1 saturated carbocycles. The van der Waals surface area contributed by atoms with Crippen LogP contribution in [0, 0.1) is 0 Å². The van der Waals surface area contributed by atoms with E-state index in [9.17, 15) is 4.79 Å². The smallest absolute Gasteiger partial charge is 0.157 e. The van der Waals surface area contributed by atoms with E-state index < -0.39 is 0 Å². The lowest BCUT2D eigenvalue weighted by Gasteiger charge is -2.49. The van der Waals surface area contributed by atoms with Gasteiger partial charge in [0.25, 0.3) is 0 Å². The molecule has 92 valence electrons. The molecule has 1 heterocycles. The van der Waals surface area contributed by atoms with Crippen LogP contribution in [0.4, 0.5) is 5.69 Å². The van der Waals surface area contributed by atoms with Gasteiger partial charge in [-0.25, -0.2) is 0 Å².